The van der Waals surface area contributed by atoms with Gasteiger partial charge in [-0.15, -0.1) is 41.7 Å². The number of guanidine groups is 1. The number of hydrogen-bond acceptors (Lipinski definition) is 4. The van der Waals surface area contributed by atoms with Gasteiger partial charge in [-0.2, -0.15) is 0 Å². The van der Waals surface area contributed by atoms with Gasteiger partial charge in [0.05, 0.1) is 17.2 Å². The van der Waals surface area contributed by atoms with E-state index in [1.54, 1.807) is 36.6 Å². The molecule has 0 radical (unpaired) electrons. The average Bonchev–Trinajstić information content (AvgIpc) is 3.03. The number of rotatable bonds is 6. The number of hydrogen-bond donors (Lipinski definition) is 3. The van der Waals surface area contributed by atoms with Crippen molar-refractivity contribution in [1.82, 2.24) is 15.6 Å². The van der Waals surface area contributed by atoms with Crippen LogP contribution >= 0.6 is 35.3 Å². The lowest BCUT2D eigenvalue weighted by atomic mass is 10.2. The summed E-state index contributed by atoms with van der Waals surface area (Å²) in [7, 11) is 1.66. The van der Waals surface area contributed by atoms with Crippen molar-refractivity contribution < 1.29 is 4.79 Å². The molecule has 6 nitrogen and oxygen atoms in total. The van der Waals surface area contributed by atoms with E-state index in [0.717, 1.165) is 22.7 Å². The van der Waals surface area contributed by atoms with Crippen LogP contribution in [0.15, 0.2) is 34.6 Å². The number of aryl methyl sites for hydroxylation is 1. The first kappa shape index (κ1) is 21.9. The van der Waals surface area contributed by atoms with Crippen LogP contribution in [0.2, 0.25) is 0 Å². The molecular weight excluding hydrogens is 461 g/mol. The van der Waals surface area contributed by atoms with Crippen LogP contribution in [-0.2, 0) is 11.2 Å². The number of carbonyl (C=O) groups is 1. The molecule has 0 saturated carbocycles. The number of halogens is 1. The Morgan fingerprint density at radius 1 is 1.38 bits per heavy atom. The predicted octanol–water partition coefficient (Wildman–Crippen LogP) is 2.40. The molecule has 0 saturated heterocycles. The van der Waals surface area contributed by atoms with Gasteiger partial charge in [0.25, 0.3) is 0 Å². The Morgan fingerprint density at radius 2 is 2.19 bits per heavy atom. The summed E-state index contributed by atoms with van der Waals surface area (Å²) < 4.78 is 0. The van der Waals surface area contributed by atoms with Gasteiger partial charge in [-0.25, -0.2) is 4.98 Å². The van der Waals surface area contributed by atoms with Gasteiger partial charge in [0.15, 0.2) is 5.96 Å². The number of terminal acetylenes is 1. The molecule has 2 rings (SSSR count). The standard InChI is InChI=1S/C18H21N5OS.HI/c1-4-14-6-5-7-15(10-14)23-17(24)11-21-18(19-3)20-9-8-16-12-25-13(2)22-16;/h1,5-7,10,12H,8-9,11H2,2-3H3,(H,23,24)(H2,19,20,21);1H. The number of amides is 1. The number of nitrogens with one attached hydrogen (secondary N) is 3. The summed E-state index contributed by atoms with van der Waals surface area (Å²) in [4.78, 5) is 20.5. The van der Waals surface area contributed by atoms with Gasteiger partial charge in [0.1, 0.15) is 0 Å². The SMILES string of the molecule is C#Cc1cccc(NC(=O)CNC(=NC)NCCc2csc(C)n2)c1.I. The highest BCUT2D eigenvalue weighted by atomic mass is 127. The molecule has 8 heteroatoms. The molecule has 1 aromatic heterocycles. The van der Waals surface area contributed by atoms with Crippen LogP contribution in [0.5, 0.6) is 0 Å². The van der Waals surface area contributed by atoms with E-state index in [1.807, 2.05) is 18.4 Å². The zero-order chi connectivity index (χ0) is 18.1. The Kier molecular flexibility index (Phi) is 9.69. The Labute approximate surface area is 174 Å². The molecule has 0 atom stereocenters. The highest BCUT2D eigenvalue weighted by Crippen LogP contribution is 2.09. The summed E-state index contributed by atoms with van der Waals surface area (Å²) >= 11 is 1.64. The summed E-state index contributed by atoms with van der Waals surface area (Å²) in [6, 6.07) is 7.16. The molecule has 0 aliphatic carbocycles. The number of thiazole rings is 1. The third-order valence-electron chi connectivity index (χ3n) is 3.29. The normalized spacial score (nSPS) is 10.4. The quantitative estimate of drug-likeness (QED) is 0.255. The lowest BCUT2D eigenvalue weighted by molar-refractivity contribution is -0.115. The summed E-state index contributed by atoms with van der Waals surface area (Å²) in [6.45, 7) is 2.78. The van der Waals surface area contributed by atoms with E-state index in [-0.39, 0.29) is 36.4 Å². The Balaban J connectivity index is 0.00000338. The fraction of sp³-hybridized carbons (Fsp3) is 0.278. The number of nitrogens with zero attached hydrogens (tertiary/aromatic N) is 2. The first-order valence-corrected chi connectivity index (χ1v) is 8.70. The molecule has 0 aliphatic heterocycles. The molecule has 1 amide bonds. The van der Waals surface area contributed by atoms with Crippen molar-refractivity contribution in [2.45, 2.75) is 13.3 Å². The van der Waals surface area contributed by atoms with Crippen LogP contribution in [0.1, 0.15) is 16.3 Å². The van der Waals surface area contributed by atoms with Gasteiger partial charge in [-0.05, 0) is 25.1 Å². The molecular formula is C18H22IN5OS. The largest absolute Gasteiger partial charge is 0.356 e. The highest BCUT2D eigenvalue weighted by molar-refractivity contribution is 14.0. The van der Waals surface area contributed by atoms with Crippen LogP contribution in [0.3, 0.4) is 0 Å². The minimum absolute atomic E-state index is 0. The minimum atomic E-state index is -0.174. The first-order valence-electron chi connectivity index (χ1n) is 7.82. The molecule has 0 bridgehead atoms. The van der Waals surface area contributed by atoms with Crippen molar-refractivity contribution in [1.29, 1.82) is 0 Å². The number of anilines is 1. The lowest BCUT2D eigenvalue weighted by Gasteiger charge is -2.11. The fourth-order valence-electron chi connectivity index (χ4n) is 2.11. The van der Waals surface area contributed by atoms with Gasteiger partial charge in [-0.3, -0.25) is 9.79 Å². The van der Waals surface area contributed by atoms with E-state index in [9.17, 15) is 4.79 Å². The van der Waals surface area contributed by atoms with Gasteiger partial charge in [0, 0.05) is 36.6 Å². The Morgan fingerprint density at radius 3 is 2.85 bits per heavy atom. The number of benzene rings is 1. The number of carbonyl (C=O) groups excluding carboxylic acids is 1. The minimum Gasteiger partial charge on any atom is -0.356 e. The topological polar surface area (TPSA) is 78.4 Å². The van der Waals surface area contributed by atoms with Gasteiger partial charge >= 0.3 is 0 Å². The molecule has 26 heavy (non-hydrogen) atoms. The van der Waals surface area contributed by atoms with E-state index in [4.69, 9.17) is 6.42 Å². The molecule has 1 aromatic carbocycles. The zero-order valence-corrected chi connectivity index (χ0v) is 17.9. The molecule has 0 fully saturated rings. The van der Waals surface area contributed by atoms with Crippen LogP contribution in [0.4, 0.5) is 5.69 Å². The van der Waals surface area contributed by atoms with Crippen molar-refractivity contribution in [2.24, 2.45) is 4.99 Å². The molecule has 1 heterocycles. The maximum Gasteiger partial charge on any atom is 0.243 e. The van der Waals surface area contributed by atoms with Crippen molar-refractivity contribution >= 4 is 52.9 Å². The van der Waals surface area contributed by atoms with Crippen molar-refractivity contribution in [3.05, 3.63) is 45.9 Å². The second-order valence-corrected chi connectivity index (χ2v) is 6.30. The third kappa shape index (κ3) is 7.41. The van der Waals surface area contributed by atoms with E-state index in [2.05, 4.69) is 31.8 Å². The van der Waals surface area contributed by atoms with Crippen LogP contribution in [0, 0.1) is 19.3 Å². The summed E-state index contributed by atoms with van der Waals surface area (Å²) in [5, 5.41) is 12.0. The van der Waals surface area contributed by atoms with Crippen LogP contribution in [0.25, 0.3) is 0 Å². The van der Waals surface area contributed by atoms with Crippen LogP contribution in [-0.4, -0.2) is 37.0 Å². The van der Waals surface area contributed by atoms with E-state index >= 15 is 0 Å². The van der Waals surface area contributed by atoms with Crippen LogP contribution < -0.4 is 16.0 Å². The zero-order valence-electron chi connectivity index (χ0n) is 14.7. The molecule has 138 valence electrons. The Hall–Kier alpha value is -2.12. The van der Waals surface area contributed by atoms with E-state index < -0.39 is 0 Å². The smallest absolute Gasteiger partial charge is 0.243 e. The maximum atomic E-state index is 12.0. The fourth-order valence-corrected chi connectivity index (χ4v) is 2.76. The second kappa shape index (κ2) is 11.5. The maximum absolute atomic E-state index is 12.0. The summed E-state index contributed by atoms with van der Waals surface area (Å²) in [6.07, 6.45) is 6.15. The molecule has 0 unspecified atom stereocenters. The average molecular weight is 483 g/mol. The molecule has 0 aliphatic rings. The third-order valence-corrected chi connectivity index (χ3v) is 4.12. The van der Waals surface area contributed by atoms with Gasteiger partial charge in [-0.1, -0.05) is 12.0 Å². The molecule has 3 N–H and O–H groups in total. The summed E-state index contributed by atoms with van der Waals surface area (Å²) in [5.41, 5.74) is 2.45. The molecule has 0 spiro atoms. The van der Waals surface area contributed by atoms with Crippen molar-refractivity contribution in [2.75, 3.05) is 25.5 Å². The predicted molar refractivity (Wildman–Crippen MR) is 118 cm³/mol. The van der Waals surface area contributed by atoms with Crippen molar-refractivity contribution in [3.8, 4) is 12.3 Å². The van der Waals surface area contributed by atoms with Gasteiger partial charge < -0.3 is 16.0 Å². The second-order valence-electron chi connectivity index (χ2n) is 5.23. The van der Waals surface area contributed by atoms with E-state index in [1.165, 1.54) is 0 Å². The monoisotopic (exact) mass is 483 g/mol. The number of aromatic nitrogens is 1. The first-order chi connectivity index (χ1) is 12.1. The Bertz CT molecular complexity index is 797. The van der Waals surface area contributed by atoms with Crippen molar-refractivity contribution in [3.63, 3.8) is 0 Å². The lowest BCUT2D eigenvalue weighted by Crippen LogP contribution is -2.42. The molecule has 2 aromatic rings. The van der Waals surface area contributed by atoms with Gasteiger partial charge in [0.2, 0.25) is 5.91 Å². The highest BCUT2D eigenvalue weighted by Gasteiger charge is 2.05. The summed E-state index contributed by atoms with van der Waals surface area (Å²) in [5.74, 6) is 2.93. The van der Waals surface area contributed by atoms with E-state index in [0.29, 0.717) is 18.2 Å². The number of aliphatic imine (C=N–C) groups is 1.